The standard InChI is InChI=1S/C18H24N4O2/c1-14-12-17(15-4-3-5-16(13-15)23-2)20-21-18(14)19-6-7-22-8-10-24-11-9-22/h3-5,12-13H,6-11H2,1-2H3,(H,19,21). The second-order valence-corrected chi connectivity index (χ2v) is 5.87. The number of morpholine rings is 1. The number of ether oxygens (including phenoxy) is 2. The maximum atomic E-state index is 5.36. The van der Waals surface area contributed by atoms with Crippen LogP contribution in [0.2, 0.25) is 0 Å². The van der Waals surface area contributed by atoms with Crippen LogP contribution < -0.4 is 10.1 Å². The van der Waals surface area contributed by atoms with Gasteiger partial charge in [0, 0.05) is 31.7 Å². The molecule has 0 aliphatic carbocycles. The molecule has 1 fully saturated rings. The second-order valence-electron chi connectivity index (χ2n) is 5.87. The molecule has 0 spiro atoms. The fourth-order valence-corrected chi connectivity index (χ4v) is 2.74. The summed E-state index contributed by atoms with van der Waals surface area (Å²) in [5.74, 6) is 1.66. The van der Waals surface area contributed by atoms with Gasteiger partial charge in [-0.15, -0.1) is 10.2 Å². The lowest BCUT2D eigenvalue weighted by Gasteiger charge is -2.26. The van der Waals surface area contributed by atoms with E-state index in [1.54, 1.807) is 7.11 Å². The number of hydrogen-bond donors (Lipinski definition) is 1. The minimum atomic E-state index is 0.819. The summed E-state index contributed by atoms with van der Waals surface area (Å²) in [6, 6.07) is 9.91. The van der Waals surface area contributed by atoms with Gasteiger partial charge >= 0.3 is 0 Å². The number of anilines is 1. The van der Waals surface area contributed by atoms with Gasteiger partial charge in [-0.25, -0.2) is 0 Å². The minimum Gasteiger partial charge on any atom is -0.497 e. The third-order valence-corrected chi connectivity index (χ3v) is 4.17. The van der Waals surface area contributed by atoms with Crippen LogP contribution in [-0.4, -0.2) is 61.6 Å². The highest BCUT2D eigenvalue weighted by atomic mass is 16.5. The van der Waals surface area contributed by atoms with Gasteiger partial charge in [0.25, 0.3) is 0 Å². The van der Waals surface area contributed by atoms with E-state index in [1.807, 2.05) is 24.3 Å². The molecular formula is C18H24N4O2. The lowest BCUT2D eigenvalue weighted by molar-refractivity contribution is 0.0398. The molecule has 6 nitrogen and oxygen atoms in total. The Morgan fingerprint density at radius 1 is 1.21 bits per heavy atom. The van der Waals surface area contributed by atoms with Crippen LogP contribution in [0.3, 0.4) is 0 Å². The average Bonchev–Trinajstić information content (AvgIpc) is 2.64. The lowest BCUT2D eigenvalue weighted by atomic mass is 10.1. The first-order chi connectivity index (χ1) is 11.8. The molecule has 0 bridgehead atoms. The van der Waals surface area contributed by atoms with Gasteiger partial charge in [0.2, 0.25) is 0 Å². The zero-order valence-electron chi connectivity index (χ0n) is 14.3. The van der Waals surface area contributed by atoms with E-state index in [-0.39, 0.29) is 0 Å². The van der Waals surface area contributed by atoms with E-state index < -0.39 is 0 Å². The number of aryl methyl sites for hydroxylation is 1. The molecule has 0 unspecified atom stereocenters. The van der Waals surface area contributed by atoms with Crippen molar-refractivity contribution in [1.82, 2.24) is 15.1 Å². The van der Waals surface area contributed by atoms with Crippen molar-refractivity contribution < 1.29 is 9.47 Å². The number of hydrogen-bond acceptors (Lipinski definition) is 6. The lowest BCUT2D eigenvalue weighted by Crippen LogP contribution is -2.39. The van der Waals surface area contributed by atoms with Gasteiger partial charge in [0.05, 0.1) is 26.0 Å². The van der Waals surface area contributed by atoms with Crippen molar-refractivity contribution in [1.29, 1.82) is 0 Å². The number of aromatic nitrogens is 2. The van der Waals surface area contributed by atoms with E-state index in [9.17, 15) is 0 Å². The summed E-state index contributed by atoms with van der Waals surface area (Å²) < 4.78 is 10.6. The Morgan fingerprint density at radius 2 is 2.04 bits per heavy atom. The summed E-state index contributed by atoms with van der Waals surface area (Å²) in [6.07, 6.45) is 0. The van der Waals surface area contributed by atoms with Crippen molar-refractivity contribution in [3.8, 4) is 17.0 Å². The second kappa shape index (κ2) is 8.08. The first kappa shape index (κ1) is 16.7. The largest absolute Gasteiger partial charge is 0.497 e. The molecule has 1 aliphatic rings. The van der Waals surface area contributed by atoms with Crippen molar-refractivity contribution in [3.05, 3.63) is 35.9 Å². The van der Waals surface area contributed by atoms with Crippen LogP contribution >= 0.6 is 0 Å². The molecule has 0 saturated carbocycles. The number of nitrogens with one attached hydrogen (secondary N) is 1. The zero-order chi connectivity index (χ0) is 16.8. The fourth-order valence-electron chi connectivity index (χ4n) is 2.74. The normalized spacial score (nSPS) is 15.2. The van der Waals surface area contributed by atoms with Gasteiger partial charge in [-0.1, -0.05) is 12.1 Å². The summed E-state index contributed by atoms with van der Waals surface area (Å²) >= 11 is 0. The smallest absolute Gasteiger partial charge is 0.151 e. The Kier molecular flexibility index (Phi) is 5.61. The molecule has 1 aromatic carbocycles. The molecule has 3 rings (SSSR count). The van der Waals surface area contributed by atoms with Gasteiger partial charge in [-0.3, -0.25) is 4.90 Å². The number of rotatable bonds is 6. The quantitative estimate of drug-likeness (QED) is 0.877. The molecular weight excluding hydrogens is 304 g/mol. The average molecular weight is 328 g/mol. The SMILES string of the molecule is COc1cccc(-c2cc(C)c(NCCN3CCOCC3)nn2)c1. The fraction of sp³-hybridized carbons (Fsp3) is 0.444. The molecule has 24 heavy (non-hydrogen) atoms. The summed E-state index contributed by atoms with van der Waals surface area (Å²) in [5, 5.41) is 12.1. The number of methoxy groups -OCH3 is 1. The molecule has 128 valence electrons. The molecule has 0 atom stereocenters. The van der Waals surface area contributed by atoms with E-state index in [4.69, 9.17) is 9.47 Å². The molecule has 1 aromatic heterocycles. The van der Waals surface area contributed by atoms with Gasteiger partial charge in [0.15, 0.2) is 5.82 Å². The third kappa shape index (κ3) is 4.21. The van der Waals surface area contributed by atoms with Crippen molar-refractivity contribution in [3.63, 3.8) is 0 Å². The van der Waals surface area contributed by atoms with Crippen molar-refractivity contribution in [2.75, 3.05) is 51.8 Å². The predicted octanol–water partition coefficient (Wildman–Crippen LogP) is 2.20. The maximum absolute atomic E-state index is 5.36. The summed E-state index contributed by atoms with van der Waals surface area (Å²) in [4.78, 5) is 2.39. The highest BCUT2D eigenvalue weighted by Gasteiger charge is 2.10. The van der Waals surface area contributed by atoms with Gasteiger partial charge in [0.1, 0.15) is 5.75 Å². The highest BCUT2D eigenvalue weighted by molar-refractivity contribution is 5.63. The Bertz CT molecular complexity index is 672. The zero-order valence-corrected chi connectivity index (χ0v) is 14.3. The Morgan fingerprint density at radius 3 is 2.79 bits per heavy atom. The van der Waals surface area contributed by atoms with Crippen LogP contribution in [0.25, 0.3) is 11.3 Å². The van der Waals surface area contributed by atoms with Crippen LogP contribution in [-0.2, 0) is 4.74 Å². The third-order valence-electron chi connectivity index (χ3n) is 4.17. The number of benzene rings is 1. The Balaban J connectivity index is 1.61. The summed E-state index contributed by atoms with van der Waals surface area (Å²) in [6.45, 7) is 7.55. The van der Waals surface area contributed by atoms with E-state index in [1.165, 1.54) is 0 Å². The molecule has 2 heterocycles. The van der Waals surface area contributed by atoms with Gasteiger partial charge in [-0.05, 0) is 30.7 Å². The minimum absolute atomic E-state index is 0.819. The van der Waals surface area contributed by atoms with Crippen molar-refractivity contribution >= 4 is 5.82 Å². The highest BCUT2D eigenvalue weighted by Crippen LogP contribution is 2.23. The first-order valence-corrected chi connectivity index (χ1v) is 8.29. The van der Waals surface area contributed by atoms with E-state index in [2.05, 4.69) is 33.4 Å². The van der Waals surface area contributed by atoms with Crippen LogP contribution in [0.1, 0.15) is 5.56 Å². The molecule has 6 heteroatoms. The Labute approximate surface area is 142 Å². The van der Waals surface area contributed by atoms with Crippen molar-refractivity contribution in [2.45, 2.75) is 6.92 Å². The van der Waals surface area contributed by atoms with E-state index >= 15 is 0 Å². The molecule has 0 radical (unpaired) electrons. The summed E-state index contributed by atoms with van der Waals surface area (Å²) in [5.41, 5.74) is 2.94. The van der Waals surface area contributed by atoms with Crippen molar-refractivity contribution in [2.24, 2.45) is 0 Å². The summed E-state index contributed by atoms with van der Waals surface area (Å²) in [7, 11) is 1.66. The van der Waals surface area contributed by atoms with Gasteiger partial charge < -0.3 is 14.8 Å². The molecule has 1 N–H and O–H groups in total. The first-order valence-electron chi connectivity index (χ1n) is 8.29. The maximum Gasteiger partial charge on any atom is 0.151 e. The van der Waals surface area contributed by atoms with E-state index in [0.29, 0.717) is 0 Å². The molecule has 1 saturated heterocycles. The van der Waals surface area contributed by atoms with Crippen LogP contribution in [0.5, 0.6) is 5.75 Å². The predicted molar refractivity (Wildman–Crippen MR) is 94.5 cm³/mol. The van der Waals surface area contributed by atoms with Crippen LogP contribution in [0.15, 0.2) is 30.3 Å². The topological polar surface area (TPSA) is 59.5 Å². The molecule has 2 aromatic rings. The van der Waals surface area contributed by atoms with E-state index in [0.717, 1.165) is 67.8 Å². The molecule has 1 aliphatic heterocycles. The van der Waals surface area contributed by atoms with Crippen LogP contribution in [0, 0.1) is 6.92 Å². The number of nitrogens with zero attached hydrogens (tertiary/aromatic N) is 3. The monoisotopic (exact) mass is 328 g/mol. The van der Waals surface area contributed by atoms with Gasteiger partial charge in [-0.2, -0.15) is 0 Å². The Hall–Kier alpha value is -2.18. The molecule has 0 amide bonds. The van der Waals surface area contributed by atoms with Crippen LogP contribution in [0.4, 0.5) is 5.82 Å².